The van der Waals surface area contributed by atoms with Crippen LogP contribution in [0.5, 0.6) is 0 Å². The third-order valence-electron chi connectivity index (χ3n) is 4.67. The van der Waals surface area contributed by atoms with E-state index in [1.807, 2.05) is 56.5 Å². The molecular weight excluding hydrogens is 314 g/mol. The topological polar surface area (TPSA) is 63.9 Å². The second-order valence-electron chi connectivity index (χ2n) is 7.98. The van der Waals surface area contributed by atoms with E-state index >= 15 is 0 Å². The van der Waals surface area contributed by atoms with E-state index in [-0.39, 0.29) is 17.2 Å². The van der Waals surface area contributed by atoms with Gasteiger partial charge in [0.2, 0.25) is 5.91 Å². The van der Waals surface area contributed by atoms with Crippen LogP contribution in [0.25, 0.3) is 11.4 Å². The van der Waals surface area contributed by atoms with Crippen molar-refractivity contribution in [2.75, 3.05) is 13.1 Å². The number of aromatic nitrogens is 4. The molecule has 0 N–H and O–H groups in total. The second kappa shape index (κ2) is 6.58. The molecule has 0 radical (unpaired) electrons. The molecule has 1 saturated heterocycles. The molecule has 6 nitrogen and oxygen atoms in total. The van der Waals surface area contributed by atoms with Crippen molar-refractivity contribution in [3.63, 3.8) is 0 Å². The summed E-state index contributed by atoms with van der Waals surface area (Å²) in [5, 5.41) is 0. The summed E-state index contributed by atoms with van der Waals surface area (Å²) in [6, 6.07) is 1.99. The van der Waals surface area contributed by atoms with Crippen LogP contribution in [0.2, 0.25) is 0 Å². The smallest absolute Gasteiger partial charge is 0.227 e. The Kier molecular flexibility index (Phi) is 4.62. The third-order valence-corrected chi connectivity index (χ3v) is 4.67. The predicted molar refractivity (Wildman–Crippen MR) is 97.0 cm³/mol. The van der Waals surface area contributed by atoms with Gasteiger partial charge in [-0.05, 0) is 25.8 Å². The van der Waals surface area contributed by atoms with Gasteiger partial charge in [0.05, 0.1) is 23.9 Å². The molecule has 0 aromatic carbocycles. The van der Waals surface area contributed by atoms with Crippen molar-refractivity contribution in [1.29, 1.82) is 0 Å². The van der Waals surface area contributed by atoms with Crippen LogP contribution in [0.4, 0.5) is 0 Å². The minimum absolute atomic E-state index is 0.187. The predicted octanol–water partition coefficient (Wildman–Crippen LogP) is 2.94. The largest absolute Gasteiger partial charge is 0.342 e. The number of carbonyl (C=O) groups is 1. The quantitative estimate of drug-likeness (QED) is 0.842. The highest BCUT2D eigenvalue weighted by Crippen LogP contribution is 2.29. The Bertz CT molecular complexity index is 774. The van der Waals surface area contributed by atoms with E-state index in [9.17, 15) is 4.79 Å². The maximum Gasteiger partial charge on any atom is 0.227 e. The normalized spacial score (nSPS) is 18.4. The van der Waals surface area contributed by atoms with Crippen LogP contribution in [0.3, 0.4) is 0 Å². The van der Waals surface area contributed by atoms with Crippen molar-refractivity contribution in [2.24, 2.45) is 12.5 Å². The molecule has 1 fully saturated rings. The SMILES string of the molecule is Cc1cc(-c2cncn2C)nc([C@H]2CCCN(C(=O)C(C)(C)C)C2)n1. The first-order valence-electron chi connectivity index (χ1n) is 8.87. The van der Waals surface area contributed by atoms with Crippen LogP contribution in [-0.2, 0) is 11.8 Å². The summed E-state index contributed by atoms with van der Waals surface area (Å²) in [7, 11) is 1.96. The first-order valence-corrected chi connectivity index (χ1v) is 8.87. The Balaban J connectivity index is 1.88. The fourth-order valence-corrected chi connectivity index (χ4v) is 3.36. The van der Waals surface area contributed by atoms with E-state index in [4.69, 9.17) is 4.98 Å². The first-order chi connectivity index (χ1) is 11.8. The van der Waals surface area contributed by atoms with E-state index in [2.05, 4.69) is 9.97 Å². The minimum Gasteiger partial charge on any atom is -0.342 e. The van der Waals surface area contributed by atoms with Crippen LogP contribution in [0.1, 0.15) is 51.0 Å². The van der Waals surface area contributed by atoms with Crippen LogP contribution < -0.4 is 0 Å². The molecule has 1 aliphatic rings. The van der Waals surface area contributed by atoms with Gasteiger partial charge in [-0.15, -0.1) is 0 Å². The molecule has 3 rings (SSSR count). The van der Waals surface area contributed by atoms with E-state index < -0.39 is 0 Å². The Morgan fingerprint density at radius 1 is 1.28 bits per heavy atom. The lowest BCUT2D eigenvalue weighted by Crippen LogP contribution is -2.44. The molecule has 1 amide bonds. The van der Waals surface area contributed by atoms with E-state index in [0.29, 0.717) is 6.54 Å². The molecule has 2 aromatic rings. The summed E-state index contributed by atoms with van der Waals surface area (Å²) in [5.41, 5.74) is 2.46. The summed E-state index contributed by atoms with van der Waals surface area (Å²) < 4.78 is 1.96. The summed E-state index contributed by atoms with van der Waals surface area (Å²) in [4.78, 5) is 28.3. The number of rotatable bonds is 2. The number of hydrogen-bond donors (Lipinski definition) is 0. The molecule has 1 aliphatic heterocycles. The molecule has 1 atom stereocenters. The highest BCUT2D eigenvalue weighted by molar-refractivity contribution is 5.81. The van der Waals surface area contributed by atoms with Gasteiger partial charge in [0, 0.05) is 37.2 Å². The number of nitrogens with zero attached hydrogens (tertiary/aromatic N) is 5. The number of hydrogen-bond acceptors (Lipinski definition) is 4. The van der Waals surface area contributed by atoms with Crippen LogP contribution in [-0.4, -0.2) is 43.4 Å². The lowest BCUT2D eigenvalue weighted by molar-refractivity contribution is -0.140. The maximum atomic E-state index is 12.6. The molecule has 6 heteroatoms. The summed E-state index contributed by atoms with van der Waals surface area (Å²) in [6.07, 6.45) is 5.60. The lowest BCUT2D eigenvalue weighted by Gasteiger charge is -2.36. The molecule has 0 spiro atoms. The fourth-order valence-electron chi connectivity index (χ4n) is 3.36. The Morgan fingerprint density at radius 3 is 2.68 bits per heavy atom. The molecular formula is C19H27N5O. The Labute approximate surface area is 149 Å². The van der Waals surface area contributed by atoms with Crippen LogP contribution in [0, 0.1) is 12.3 Å². The van der Waals surface area contributed by atoms with Crippen molar-refractivity contribution in [1.82, 2.24) is 24.4 Å². The standard InChI is InChI=1S/C19H27N5O/c1-13-9-15(16-10-20-12-23(16)5)22-17(21-13)14-7-6-8-24(11-14)18(25)19(2,3)4/h9-10,12,14H,6-8,11H2,1-5H3/t14-/m0/s1. The van der Waals surface area contributed by atoms with Crippen molar-refractivity contribution < 1.29 is 4.79 Å². The van der Waals surface area contributed by atoms with E-state index in [0.717, 1.165) is 42.3 Å². The highest BCUT2D eigenvalue weighted by atomic mass is 16.2. The van der Waals surface area contributed by atoms with E-state index in [1.165, 1.54) is 0 Å². The zero-order chi connectivity index (χ0) is 18.2. The number of likely N-dealkylation sites (tertiary alicyclic amines) is 1. The molecule has 25 heavy (non-hydrogen) atoms. The first kappa shape index (κ1) is 17.6. The lowest BCUT2D eigenvalue weighted by atomic mass is 9.91. The molecule has 0 bridgehead atoms. The monoisotopic (exact) mass is 341 g/mol. The summed E-state index contributed by atoms with van der Waals surface area (Å²) >= 11 is 0. The van der Waals surface area contributed by atoms with Crippen LogP contribution >= 0.6 is 0 Å². The molecule has 2 aromatic heterocycles. The third kappa shape index (κ3) is 3.72. The molecule has 134 valence electrons. The van der Waals surface area contributed by atoms with Gasteiger partial charge >= 0.3 is 0 Å². The second-order valence-corrected chi connectivity index (χ2v) is 7.98. The van der Waals surface area contributed by atoms with Gasteiger partial charge < -0.3 is 9.47 Å². The van der Waals surface area contributed by atoms with E-state index in [1.54, 1.807) is 6.33 Å². The molecule has 0 saturated carbocycles. The Hall–Kier alpha value is -2.24. The number of amides is 1. The number of piperidine rings is 1. The zero-order valence-corrected chi connectivity index (χ0v) is 15.8. The van der Waals surface area contributed by atoms with Gasteiger partial charge in [-0.3, -0.25) is 4.79 Å². The van der Waals surface area contributed by atoms with Crippen molar-refractivity contribution >= 4 is 5.91 Å². The molecule has 3 heterocycles. The number of aryl methyl sites for hydroxylation is 2. The van der Waals surface area contributed by atoms with Gasteiger partial charge in [0.1, 0.15) is 5.82 Å². The summed E-state index contributed by atoms with van der Waals surface area (Å²) in [6.45, 7) is 9.44. The van der Waals surface area contributed by atoms with Crippen LogP contribution in [0.15, 0.2) is 18.6 Å². The number of carbonyl (C=O) groups excluding carboxylic acids is 1. The van der Waals surface area contributed by atoms with Crippen molar-refractivity contribution in [3.05, 3.63) is 30.1 Å². The van der Waals surface area contributed by atoms with Crippen molar-refractivity contribution in [2.45, 2.75) is 46.5 Å². The minimum atomic E-state index is -0.352. The van der Waals surface area contributed by atoms with Gasteiger partial charge in [0.15, 0.2) is 0 Å². The Morgan fingerprint density at radius 2 is 2.04 bits per heavy atom. The average molecular weight is 341 g/mol. The van der Waals surface area contributed by atoms with Gasteiger partial charge in [0.25, 0.3) is 0 Å². The van der Waals surface area contributed by atoms with Gasteiger partial charge in [-0.25, -0.2) is 15.0 Å². The zero-order valence-electron chi connectivity index (χ0n) is 15.8. The molecule has 0 unspecified atom stereocenters. The maximum absolute atomic E-state index is 12.6. The molecule has 0 aliphatic carbocycles. The highest BCUT2D eigenvalue weighted by Gasteiger charge is 2.32. The van der Waals surface area contributed by atoms with Crippen molar-refractivity contribution in [3.8, 4) is 11.4 Å². The van der Waals surface area contributed by atoms with Gasteiger partial charge in [-0.2, -0.15) is 0 Å². The van der Waals surface area contributed by atoms with Gasteiger partial charge in [-0.1, -0.05) is 20.8 Å². The average Bonchev–Trinajstić information content (AvgIpc) is 2.99. The summed E-state index contributed by atoms with van der Waals surface area (Å²) in [5.74, 6) is 1.23. The number of imidazole rings is 1. The fraction of sp³-hybridized carbons (Fsp3) is 0.579.